The fraction of sp³-hybridized carbons (Fsp3) is 0.214. The first-order valence-corrected chi connectivity index (χ1v) is 5.58. The fourth-order valence-corrected chi connectivity index (χ4v) is 1.56. The van der Waals surface area contributed by atoms with Crippen molar-refractivity contribution in [1.82, 2.24) is 4.98 Å². The van der Waals surface area contributed by atoms with E-state index in [1.165, 1.54) is 0 Å². The third-order valence-electron chi connectivity index (χ3n) is 2.58. The zero-order chi connectivity index (χ0) is 12.3. The van der Waals surface area contributed by atoms with Gasteiger partial charge in [-0.1, -0.05) is 0 Å². The van der Waals surface area contributed by atoms with Crippen molar-refractivity contribution in [3.05, 3.63) is 47.8 Å². The summed E-state index contributed by atoms with van der Waals surface area (Å²) in [5, 5.41) is 3.10. The molecule has 1 N–H and O–H groups in total. The first kappa shape index (κ1) is 11.5. The zero-order valence-corrected chi connectivity index (χ0v) is 10.3. The summed E-state index contributed by atoms with van der Waals surface area (Å²) in [5.74, 6) is 1.62. The smallest absolute Gasteiger partial charge is 0.145 e. The highest BCUT2D eigenvalue weighted by Crippen LogP contribution is 2.26. The highest BCUT2D eigenvalue weighted by atomic mass is 16.5. The molecule has 1 aromatic carbocycles. The standard InChI is InChI=1S/C14H16N2O/c1-10-8-12(15-3)5-7-14(10)17-13-6-4-11(2)16-9-13/h4-9,15H,1-3H3. The van der Waals surface area contributed by atoms with Crippen LogP contribution in [0.5, 0.6) is 11.5 Å². The molecule has 3 heteroatoms. The third kappa shape index (κ3) is 2.75. The molecule has 1 heterocycles. The molecule has 2 aromatic rings. The van der Waals surface area contributed by atoms with Gasteiger partial charge in [0.25, 0.3) is 0 Å². The largest absolute Gasteiger partial charge is 0.455 e. The van der Waals surface area contributed by atoms with Crippen molar-refractivity contribution < 1.29 is 4.74 Å². The number of benzene rings is 1. The summed E-state index contributed by atoms with van der Waals surface area (Å²) in [6.07, 6.45) is 1.74. The SMILES string of the molecule is CNc1ccc(Oc2ccc(C)nc2)c(C)c1. The van der Waals surface area contributed by atoms with Crippen molar-refractivity contribution in [2.45, 2.75) is 13.8 Å². The lowest BCUT2D eigenvalue weighted by atomic mass is 10.2. The second kappa shape index (κ2) is 4.87. The van der Waals surface area contributed by atoms with E-state index in [2.05, 4.69) is 16.4 Å². The molecule has 0 radical (unpaired) electrons. The number of ether oxygens (including phenoxy) is 1. The molecule has 2 rings (SSSR count). The molecule has 0 fully saturated rings. The van der Waals surface area contributed by atoms with Gasteiger partial charge in [-0.2, -0.15) is 0 Å². The van der Waals surface area contributed by atoms with E-state index in [-0.39, 0.29) is 0 Å². The van der Waals surface area contributed by atoms with Crippen LogP contribution in [0.3, 0.4) is 0 Å². The highest BCUT2D eigenvalue weighted by molar-refractivity contribution is 5.51. The first-order valence-electron chi connectivity index (χ1n) is 5.58. The summed E-state index contributed by atoms with van der Waals surface area (Å²) < 4.78 is 5.77. The van der Waals surface area contributed by atoms with Gasteiger partial charge in [0.15, 0.2) is 0 Å². The molecule has 0 atom stereocenters. The molecule has 1 aromatic heterocycles. The van der Waals surface area contributed by atoms with Crippen LogP contribution in [-0.4, -0.2) is 12.0 Å². The van der Waals surface area contributed by atoms with Crippen LogP contribution in [0, 0.1) is 13.8 Å². The van der Waals surface area contributed by atoms with Gasteiger partial charge < -0.3 is 10.1 Å². The zero-order valence-electron chi connectivity index (χ0n) is 10.3. The maximum atomic E-state index is 5.77. The van der Waals surface area contributed by atoms with Crippen LogP contribution in [0.4, 0.5) is 5.69 Å². The van der Waals surface area contributed by atoms with Crippen LogP contribution in [0.25, 0.3) is 0 Å². The van der Waals surface area contributed by atoms with E-state index in [1.807, 2.05) is 45.2 Å². The number of hydrogen-bond donors (Lipinski definition) is 1. The Morgan fingerprint density at radius 2 is 1.94 bits per heavy atom. The van der Waals surface area contributed by atoms with Crippen molar-refractivity contribution in [3.8, 4) is 11.5 Å². The minimum atomic E-state index is 0.760. The molecular formula is C14H16N2O. The number of anilines is 1. The Hall–Kier alpha value is -2.03. The van der Waals surface area contributed by atoms with Gasteiger partial charge in [-0.25, -0.2) is 0 Å². The maximum absolute atomic E-state index is 5.77. The predicted molar refractivity (Wildman–Crippen MR) is 69.8 cm³/mol. The number of aromatic nitrogens is 1. The Bertz CT molecular complexity index is 506. The van der Waals surface area contributed by atoms with E-state index >= 15 is 0 Å². The molecule has 0 aliphatic rings. The average Bonchev–Trinajstić information content (AvgIpc) is 2.34. The highest BCUT2D eigenvalue weighted by Gasteiger charge is 2.02. The van der Waals surface area contributed by atoms with Crippen LogP contribution >= 0.6 is 0 Å². The van der Waals surface area contributed by atoms with E-state index in [9.17, 15) is 0 Å². The molecule has 0 amide bonds. The quantitative estimate of drug-likeness (QED) is 0.872. The lowest BCUT2D eigenvalue weighted by molar-refractivity contribution is 0.476. The van der Waals surface area contributed by atoms with Gasteiger partial charge in [0.1, 0.15) is 11.5 Å². The minimum absolute atomic E-state index is 0.760. The molecule has 3 nitrogen and oxygen atoms in total. The van der Waals surface area contributed by atoms with Gasteiger partial charge in [0.2, 0.25) is 0 Å². The number of nitrogens with zero attached hydrogens (tertiary/aromatic N) is 1. The van der Waals surface area contributed by atoms with Crippen molar-refractivity contribution in [2.75, 3.05) is 12.4 Å². The Labute approximate surface area is 101 Å². The summed E-state index contributed by atoms with van der Waals surface area (Å²) in [7, 11) is 1.90. The second-order valence-corrected chi connectivity index (χ2v) is 3.97. The molecule has 0 saturated heterocycles. The Morgan fingerprint density at radius 3 is 2.53 bits per heavy atom. The number of nitrogens with one attached hydrogen (secondary N) is 1. The van der Waals surface area contributed by atoms with E-state index < -0.39 is 0 Å². The first-order chi connectivity index (χ1) is 8.19. The van der Waals surface area contributed by atoms with E-state index in [1.54, 1.807) is 6.20 Å². The van der Waals surface area contributed by atoms with Gasteiger partial charge in [-0.3, -0.25) is 4.98 Å². The summed E-state index contributed by atoms with van der Waals surface area (Å²) in [5.41, 5.74) is 3.16. The third-order valence-corrected chi connectivity index (χ3v) is 2.58. The second-order valence-electron chi connectivity index (χ2n) is 3.97. The molecule has 0 bridgehead atoms. The molecule has 0 aliphatic heterocycles. The normalized spacial score (nSPS) is 10.1. The Balaban J connectivity index is 2.21. The lowest BCUT2D eigenvalue weighted by Gasteiger charge is -2.10. The average molecular weight is 228 g/mol. The van der Waals surface area contributed by atoms with Crippen LogP contribution < -0.4 is 10.1 Å². The number of pyridine rings is 1. The summed E-state index contributed by atoms with van der Waals surface area (Å²) in [4.78, 5) is 4.20. The van der Waals surface area contributed by atoms with Gasteiger partial charge >= 0.3 is 0 Å². The molecule has 0 aliphatic carbocycles. The van der Waals surface area contributed by atoms with Crippen molar-refractivity contribution >= 4 is 5.69 Å². The van der Waals surface area contributed by atoms with Crippen LogP contribution in [0.2, 0.25) is 0 Å². The Morgan fingerprint density at radius 1 is 1.12 bits per heavy atom. The van der Waals surface area contributed by atoms with Gasteiger partial charge in [0, 0.05) is 18.4 Å². The fourth-order valence-electron chi connectivity index (χ4n) is 1.56. The molecule has 88 valence electrons. The number of rotatable bonds is 3. The summed E-state index contributed by atoms with van der Waals surface area (Å²) >= 11 is 0. The summed E-state index contributed by atoms with van der Waals surface area (Å²) in [6.45, 7) is 3.98. The van der Waals surface area contributed by atoms with E-state index in [0.717, 1.165) is 28.4 Å². The number of aryl methyl sites for hydroxylation is 2. The van der Waals surface area contributed by atoms with Crippen LogP contribution in [-0.2, 0) is 0 Å². The molecule has 17 heavy (non-hydrogen) atoms. The predicted octanol–water partition coefficient (Wildman–Crippen LogP) is 3.53. The van der Waals surface area contributed by atoms with Crippen molar-refractivity contribution in [1.29, 1.82) is 0 Å². The van der Waals surface area contributed by atoms with E-state index in [4.69, 9.17) is 4.74 Å². The maximum Gasteiger partial charge on any atom is 0.145 e. The number of hydrogen-bond acceptors (Lipinski definition) is 3. The van der Waals surface area contributed by atoms with Gasteiger partial charge in [0.05, 0.1) is 6.20 Å². The lowest BCUT2D eigenvalue weighted by Crippen LogP contribution is -1.92. The molecule has 0 unspecified atom stereocenters. The Kier molecular flexibility index (Phi) is 3.28. The molecular weight excluding hydrogens is 212 g/mol. The van der Waals surface area contributed by atoms with E-state index in [0.29, 0.717) is 0 Å². The van der Waals surface area contributed by atoms with Crippen molar-refractivity contribution in [2.24, 2.45) is 0 Å². The minimum Gasteiger partial charge on any atom is -0.455 e. The van der Waals surface area contributed by atoms with Crippen LogP contribution in [0.1, 0.15) is 11.3 Å². The van der Waals surface area contributed by atoms with Gasteiger partial charge in [-0.05, 0) is 49.7 Å². The van der Waals surface area contributed by atoms with Crippen molar-refractivity contribution in [3.63, 3.8) is 0 Å². The topological polar surface area (TPSA) is 34.1 Å². The monoisotopic (exact) mass is 228 g/mol. The van der Waals surface area contributed by atoms with Crippen LogP contribution in [0.15, 0.2) is 36.5 Å². The molecule has 0 saturated carbocycles. The van der Waals surface area contributed by atoms with Gasteiger partial charge in [-0.15, -0.1) is 0 Å². The molecule has 0 spiro atoms. The summed E-state index contributed by atoms with van der Waals surface area (Å²) in [6, 6.07) is 9.86.